The zero-order valence-corrected chi connectivity index (χ0v) is 9.79. The van der Waals surface area contributed by atoms with E-state index in [4.69, 9.17) is 0 Å². The van der Waals surface area contributed by atoms with Crippen molar-refractivity contribution in [2.45, 2.75) is 31.8 Å². The topological polar surface area (TPSA) is 41.1 Å². The molecule has 1 atom stereocenters. The number of hydrogen-bond donors (Lipinski definition) is 2. The van der Waals surface area contributed by atoms with Gasteiger partial charge in [0, 0.05) is 6.04 Å². The predicted molar refractivity (Wildman–Crippen MR) is 64.3 cm³/mol. The van der Waals surface area contributed by atoms with Gasteiger partial charge in [-0.15, -0.1) is 0 Å². The van der Waals surface area contributed by atoms with E-state index in [2.05, 4.69) is 34.9 Å². The Morgan fingerprint density at radius 3 is 2.38 bits per heavy atom. The van der Waals surface area contributed by atoms with Gasteiger partial charge in [0.05, 0.1) is 6.04 Å². The van der Waals surface area contributed by atoms with E-state index in [0.29, 0.717) is 0 Å². The van der Waals surface area contributed by atoms with Crippen molar-refractivity contribution in [2.24, 2.45) is 0 Å². The molecule has 86 valence electrons. The second-order valence-corrected chi connectivity index (χ2v) is 4.39. The summed E-state index contributed by atoms with van der Waals surface area (Å²) in [7, 11) is 1.80. The Morgan fingerprint density at radius 2 is 1.88 bits per heavy atom. The SMILES string of the molecule is CNC(C)C(=O)NC1Cc2ccccc2C1. The number of benzene rings is 1. The third-order valence-electron chi connectivity index (χ3n) is 3.22. The van der Waals surface area contributed by atoms with E-state index in [1.165, 1.54) is 11.1 Å². The lowest BCUT2D eigenvalue weighted by Crippen LogP contribution is -2.45. The fraction of sp³-hybridized carbons (Fsp3) is 0.462. The molecule has 3 nitrogen and oxygen atoms in total. The largest absolute Gasteiger partial charge is 0.351 e. The molecule has 0 radical (unpaired) electrons. The van der Waals surface area contributed by atoms with Crippen LogP contribution in [-0.2, 0) is 17.6 Å². The summed E-state index contributed by atoms with van der Waals surface area (Å²) in [5.41, 5.74) is 2.73. The quantitative estimate of drug-likeness (QED) is 0.790. The van der Waals surface area contributed by atoms with Crippen molar-refractivity contribution in [3.05, 3.63) is 35.4 Å². The molecular weight excluding hydrogens is 200 g/mol. The van der Waals surface area contributed by atoms with Gasteiger partial charge in [0.25, 0.3) is 0 Å². The van der Waals surface area contributed by atoms with Gasteiger partial charge in [0.1, 0.15) is 0 Å². The summed E-state index contributed by atoms with van der Waals surface area (Å²) in [5.74, 6) is 0.0836. The molecule has 16 heavy (non-hydrogen) atoms. The van der Waals surface area contributed by atoms with Crippen LogP contribution in [0.5, 0.6) is 0 Å². The van der Waals surface area contributed by atoms with Crippen LogP contribution in [-0.4, -0.2) is 25.0 Å². The molecule has 2 N–H and O–H groups in total. The zero-order valence-electron chi connectivity index (χ0n) is 9.79. The summed E-state index contributed by atoms with van der Waals surface area (Å²) in [4.78, 5) is 11.7. The lowest BCUT2D eigenvalue weighted by molar-refractivity contribution is -0.123. The molecule has 2 rings (SSSR count). The maximum atomic E-state index is 11.7. The van der Waals surface area contributed by atoms with Crippen LogP contribution in [0.3, 0.4) is 0 Å². The molecule has 1 aromatic rings. The Hall–Kier alpha value is -1.35. The molecule has 0 heterocycles. The molecule has 3 heteroatoms. The average Bonchev–Trinajstić information content (AvgIpc) is 2.69. The average molecular weight is 218 g/mol. The first-order chi connectivity index (χ1) is 7.70. The van der Waals surface area contributed by atoms with E-state index in [1.807, 2.05) is 6.92 Å². The molecule has 1 aromatic carbocycles. The molecule has 0 bridgehead atoms. The van der Waals surface area contributed by atoms with Gasteiger partial charge in [-0.1, -0.05) is 24.3 Å². The number of nitrogens with one attached hydrogen (secondary N) is 2. The summed E-state index contributed by atoms with van der Waals surface area (Å²) in [5, 5.41) is 6.02. The highest BCUT2D eigenvalue weighted by atomic mass is 16.2. The Kier molecular flexibility index (Phi) is 3.25. The minimum absolute atomic E-state index is 0.0836. The molecule has 0 saturated carbocycles. The number of amides is 1. The normalized spacial score (nSPS) is 16.9. The van der Waals surface area contributed by atoms with Crippen molar-refractivity contribution in [2.75, 3.05) is 7.05 Å². The van der Waals surface area contributed by atoms with Gasteiger partial charge >= 0.3 is 0 Å². The van der Waals surface area contributed by atoms with Crippen LogP contribution >= 0.6 is 0 Å². The lowest BCUT2D eigenvalue weighted by Gasteiger charge is -2.15. The van der Waals surface area contributed by atoms with E-state index >= 15 is 0 Å². The highest BCUT2D eigenvalue weighted by Crippen LogP contribution is 2.21. The molecular formula is C13H18N2O. The minimum Gasteiger partial charge on any atom is -0.351 e. The molecule has 1 amide bonds. The Bertz CT molecular complexity index is 364. The number of carbonyl (C=O) groups is 1. The molecule has 0 saturated heterocycles. The number of carbonyl (C=O) groups excluding carboxylic acids is 1. The van der Waals surface area contributed by atoms with Gasteiger partial charge in [-0.2, -0.15) is 0 Å². The molecule has 0 spiro atoms. The zero-order chi connectivity index (χ0) is 11.5. The van der Waals surface area contributed by atoms with Gasteiger partial charge in [-0.3, -0.25) is 4.79 Å². The van der Waals surface area contributed by atoms with Crippen molar-refractivity contribution in [1.29, 1.82) is 0 Å². The van der Waals surface area contributed by atoms with Crippen LogP contribution in [0.25, 0.3) is 0 Å². The van der Waals surface area contributed by atoms with E-state index in [0.717, 1.165) is 12.8 Å². The lowest BCUT2D eigenvalue weighted by atomic mass is 10.1. The number of fused-ring (bicyclic) bond motifs is 1. The first kappa shape index (κ1) is 11.1. The van der Waals surface area contributed by atoms with Crippen molar-refractivity contribution >= 4 is 5.91 Å². The fourth-order valence-corrected chi connectivity index (χ4v) is 2.12. The second kappa shape index (κ2) is 4.66. The van der Waals surface area contributed by atoms with Gasteiger partial charge in [-0.05, 0) is 37.9 Å². The summed E-state index contributed by atoms with van der Waals surface area (Å²) in [6.45, 7) is 1.87. The Balaban J connectivity index is 1.95. The third kappa shape index (κ3) is 2.25. The maximum Gasteiger partial charge on any atom is 0.237 e. The third-order valence-corrected chi connectivity index (χ3v) is 3.22. The maximum absolute atomic E-state index is 11.7. The van der Waals surface area contributed by atoms with Gasteiger partial charge in [-0.25, -0.2) is 0 Å². The van der Waals surface area contributed by atoms with Crippen LogP contribution in [0.1, 0.15) is 18.1 Å². The monoisotopic (exact) mass is 218 g/mol. The highest BCUT2D eigenvalue weighted by molar-refractivity contribution is 5.81. The molecule has 0 aliphatic heterocycles. The van der Waals surface area contributed by atoms with Crippen LogP contribution in [0, 0.1) is 0 Å². The molecule has 1 unspecified atom stereocenters. The molecule has 0 fully saturated rings. The highest BCUT2D eigenvalue weighted by Gasteiger charge is 2.23. The summed E-state index contributed by atoms with van der Waals surface area (Å²) < 4.78 is 0. The number of hydrogen-bond acceptors (Lipinski definition) is 2. The van der Waals surface area contributed by atoms with Gasteiger partial charge in [0.15, 0.2) is 0 Å². The molecule has 0 aromatic heterocycles. The first-order valence-corrected chi connectivity index (χ1v) is 5.75. The first-order valence-electron chi connectivity index (χ1n) is 5.75. The van der Waals surface area contributed by atoms with Crippen LogP contribution in [0.4, 0.5) is 0 Å². The van der Waals surface area contributed by atoms with Crippen LogP contribution in [0.15, 0.2) is 24.3 Å². The molecule has 1 aliphatic carbocycles. The van der Waals surface area contributed by atoms with Gasteiger partial charge in [0.2, 0.25) is 5.91 Å². The standard InChI is InChI=1S/C13H18N2O/c1-9(14-2)13(16)15-12-7-10-5-3-4-6-11(10)8-12/h3-6,9,12,14H,7-8H2,1-2H3,(H,15,16). The Labute approximate surface area is 96.2 Å². The second-order valence-electron chi connectivity index (χ2n) is 4.39. The number of rotatable bonds is 3. The smallest absolute Gasteiger partial charge is 0.237 e. The number of likely N-dealkylation sites (N-methyl/N-ethyl adjacent to an activating group) is 1. The minimum atomic E-state index is -0.122. The van der Waals surface area contributed by atoms with Crippen molar-refractivity contribution in [1.82, 2.24) is 10.6 Å². The van der Waals surface area contributed by atoms with Crippen molar-refractivity contribution in [3.8, 4) is 0 Å². The van der Waals surface area contributed by atoms with E-state index in [-0.39, 0.29) is 18.0 Å². The van der Waals surface area contributed by atoms with Crippen molar-refractivity contribution < 1.29 is 4.79 Å². The van der Waals surface area contributed by atoms with Gasteiger partial charge < -0.3 is 10.6 Å². The van der Waals surface area contributed by atoms with Crippen LogP contribution < -0.4 is 10.6 Å². The summed E-state index contributed by atoms with van der Waals surface area (Å²) >= 11 is 0. The van der Waals surface area contributed by atoms with E-state index < -0.39 is 0 Å². The predicted octanol–water partition coefficient (Wildman–Crippen LogP) is 0.878. The van der Waals surface area contributed by atoms with E-state index in [9.17, 15) is 4.79 Å². The molecule has 1 aliphatic rings. The van der Waals surface area contributed by atoms with Crippen molar-refractivity contribution in [3.63, 3.8) is 0 Å². The van der Waals surface area contributed by atoms with E-state index in [1.54, 1.807) is 7.05 Å². The fourth-order valence-electron chi connectivity index (χ4n) is 2.12. The Morgan fingerprint density at radius 1 is 1.31 bits per heavy atom. The summed E-state index contributed by atoms with van der Waals surface area (Å²) in [6.07, 6.45) is 1.91. The van der Waals surface area contributed by atoms with Crippen LogP contribution in [0.2, 0.25) is 0 Å². The summed E-state index contributed by atoms with van der Waals surface area (Å²) in [6, 6.07) is 8.54.